The summed E-state index contributed by atoms with van der Waals surface area (Å²) in [5.41, 5.74) is 1.43. The Hall–Kier alpha value is -3.17. The zero-order valence-corrected chi connectivity index (χ0v) is 14.5. The van der Waals surface area contributed by atoms with Gasteiger partial charge in [-0.15, -0.1) is 0 Å². The smallest absolute Gasteiger partial charge is 0.261 e. The predicted octanol–water partition coefficient (Wildman–Crippen LogP) is 3.34. The fraction of sp³-hybridized carbons (Fsp3) is 0.158. The number of para-hydroxylation sites is 1. The molecule has 0 unspecified atom stereocenters. The number of amides is 1. The number of anilines is 1. The van der Waals surface area contributed by atoms with Crippen LogP contribution in [0, 0.1) is 11.3 Å². The van der Waals surface area contributed by atoms with Gasteiger partial charge < -0.3 is 5.32 Å². The predicted molar refractivity (Wildman–Crippen MR) is 100 cm³/mol. The number of nitrogens with one attached hydrogen (secondary N) is 1. The van der Waals surface area contributed by atoms with E-state index in [1.807, 2.05) is 12.1 Å². The Labute approximate surface area is 154 Å². The quantitative estimate of drug-likeness (QED) is 0.750. The molecule has 0 bridgehead atoms. The molecule has 0 saturated heterocycles. The van der Waals surface area contributed by atoms with Crippen LogP contribution in [0.4, 0.5) is 5.69 Å². The summed E-state index contributed by atoms with van der Waals surface area (Å²) in [4.78, 5) is 28.7. The van der Waals surface area contributed by atoms with Crippen molar-refractivity contribution in [2.75, 3.05) is 5.32 Å². The first-order chi connectivity index (χ1) is 12.6. The topological polar surface area (TPSA) is 87.8 Å². The molecule has 26 heavy (non-hydrogen) atoms. The van der Waals surface area contributed by atoms with Crippen molar-refractivity contribution < 1.29 is 4.79 Å². The molecule has 0 aliphatic carbocycles. The Kier molecular flexibility index (Phi) is 5.30. The molecule has 0 spiro atoms. The lowest BCUT2D eigenvalue weighted by atomic mass is 10.2. The van der Waals surface area contributed by atoms with Crippen molar-refractivity contribution in [3.8, 4) is 6.07 Å². The monoisotopic (exact) mass is 366 g/mol. The molecule has 7 heteroatoms. The van der Waals surface area contributed by atoms with Crippen LogP contribution >= 0.6 is 11.6 Å². The molecule has 1 amide bonds. The summed E-state index contributed by atoms with van der Waals surface area (Å²) in [7, 11) is 0. The van der Waals surface area contributed by atoms with Crippen LogP contribution in [0.3, 0.4) is 0 Å². The van der Waals surface area contributed by atoms with Gasteiger partial charge in [0, 0.05) is 18.7 Å². The van der Waals surface area contributed by atoms with Crippen molar-refractivity contribution >= 4 is 34.1 Å². The zero-order chi connectivity index (χ0) is 18.5. The highest BCUT2D eigenvalue weighted by Crippen LogP contribution is 2.20. The van der Waals surface area contributed by atoms with E-state index in [1.165, 1.54) is 17.0 Å². The number of hydrogen-bond donors (Lipinski definition) is 1. The number of rotatable bonds is 5. The number of fused-ring (bicyclic) bond motifs is 1. The number of carbonyl (C=O) groups is 1. The molecule has 3 rings (SSSR count). The first-order valence-electron chi connectivity index (χ1n) is 8.02. The maximum atomic E-state index is 12.4. The van der Waals surface area contributed by atoms with Gasteiger partial charge in [-0.3, -0.25) is 14.2 Å². The summed E-state index contributed by atoms with van der Waals surface area (Å²) in [6.45, 7) is 0.401. The second-order valence-electron chi connectivity index (χ2n) is 5.72. The van der Waals surface area contributed by atoms with E-state index in [4.69, 9.17) is 16.9 Å². The molecule has 0 fully saturated rings. The fourth-order valence-corrected chi connectivity index (χ4v) is 2.81. The number of nitriles is 1. The minimum atomic E-state index is -0.187. The Morgan fingerprint density at radius 1 is 1.27 bits per heavy atom. The number of halogens is 1. The maximum absolute atomic E-state index is 12.4. The Morgan fingerprint density at radius 3 is 2.85 bits per heavy atom. The number of aromatic nitrogens is 2. The number of aryl methyl sites for hydroxylation is 1. The van der Waals surface area contributed by atoms with Crippen LogP contribution < -0.4 is 10.9 Å². The summed E-state index contributed by atoms with van der Waals surface area (Å²) in [5.74, 6) is -0.187. The number of nitrogens with zero attached hydrogens (tertiary/aromatic N) is 3. The van der Waals surface area contributed by atoms with Crippen molar-refractivity contribution in [2.24, 2.45) is 0 Å². The Morgan fingerprint density at radius 2 is 2.08 bits per heavy atom. The molecule has 1 heterocycles. The van der Waals surface area contributed by atoms with Gasteiger partial charge in [0.2, 0.25) is 5.91 Å². The lowest BCUT2D eigenvalue weighted by molar-refractivity contribution is -0.116. The van der Waals surface area contributed by atoms with E-state index in [9.17, 15) is 9.59 Å². The van der Waals surface area contributed by atoms with E-state index in [0.29, 0.717) is 40.1 Å². The molecule has 6 nitrogen and oxygen atoms in total. The van der Waals surface area contributed by atoms with Crippen molar-refractivity contribution in [2.45, 2.75) is 19.4 Å². The van der Waals surface area contributed by atoms with E-state index < -0.39 is 0 Å². The van der Waals surface area contributed by atoms with Crippen molar-refractivity contribution in [1.29, 1.82) is 5.26 Å². The maximum Gasteiger partial charge on any atom is 0.261 e. The van der Waals surface area contributed by atoms with Gasteiger partial charge in [0.15, 0.2) is 0 Å². The third-order valence-corrected chi connectivity index (χ3v) is 4.22. The van der Waals surface area contributed by atoms with Gasteiger partial charge in [0.25, 0.3) is 5.56 Å². The minimum Gasteiger partial charge on any atom is -0.326 e. The van der Waals surface area contributed by atoms with Gasteiger partial charge in [-0.05, 0) is 36.8 Å². The van der Waals surface area contributed by atoms with Crippen LogP contribution in [0.15, 0.2) is 53.6 Å². The molecule has 1 aromatic heterocycles. The zero-order valence-electron chi connectivity index (χ0n) is 13.8. The van der Waals surface area contributed by atoms with Crippen molar-refractivity contribution in [3.05, 3.63) is 69.7 Å². The lowest BCUT2D eigenvalue weighted by Gasteiger charge is -2.08. The third-order valence-electron chi connectivity index (χ3n) is 3.91. The number of benzene rings is 2. The standard InChI is InChI=1S/C19H15ClN4O2/c20-16-10-14(8-7-13(16)11-21)23-18(25)6-3-9-24-12-22-17-5-2-1-4-15(17)19(24)26/h1-2,4-5,7-8,10,12H,3,6,9H2,(H,23,25). The van der Waals surface area contributed by atoms with Crippen LogP contribution in [0.5, 0.6) is 0 Å². The molecule has 0 atom stereocenters. The molecular weight excluding hydrogens is 352 g/mol. The van der Waals surface area contributed by atoms with E-state index in [2.05, 4.69) is 10.3 Å². The van der Waals surface area contributed by atoms with Crippen molar-refractivity contribution in [1.82, 2.24) is 9.55 Å². The van der Waals surface area contributed by atoms with Gasteiger partial charge in [-0.25, -0.2) is 4.98 Å². The Balaban J connectivity index is 1.59. The molecule has 3 aromatic rings. The summed E-state index contributed by atoms with van der Waals surface area (Å²) < 4.78 is 1.51. The lowest BCUT2D eigenvalue weighted by Crippen LogP contribution is -2.21. The molecule has 0 aliphatic heterocycles. The van der Waals surface area contributed by atoms with E-state index in [-0.39, 0.29) is 17.9 Å². The van der Waals surface area contributed by atoms with E-state index >= 15 is 0 Å². The summed E-state index contributed by atoms with van der Waals surface area (Å²) in [5, 5.41) is 12.4. The van der Waals surface area contributed by atoms with Crippen LogP contribution in [-0.2, 0) is 11.3 Å². The van der Waals surface area contributed by atoms with E-state index in [1.54, 1.807) is 30.3 Å². The molecule has 0 saturated carbocycles. The largest absolute Gasteiger partial charge is 0.326 e. The first kappa shape index (κ1) is 17.6. The molecule has 0 radical (unpaired) electrons. The van der Waals surface area contributed by atoms with Gasteiger partial charge in [-0.1, -0.05) is 23.7 Å². The highest BCUT2D eigenvalue weighted by Gasteiger charge is 2.07. The Bertz CT molecular complexity index is 1070. The molecular formula is C19H15ClN4O2. The average Bonchev–Trinajstić information content (AvgIpc) is 2.64. The highest BCUT2D eigenvalue weighted by molar-refractivity contribution is 6.32. The second kappa shape index (κ2) is 7.81. The summed E-state index contributed by atoms with van der Waals surface area (Å²) in [6, 6.07) is 13.8. The van der Waals surface area contributed by atoms with Gasteiger partial charge in [-0.2, -0.15) is 5.26 Å². The van der Waals surface area contributed by atoms with Gasteiger partial charge in [0.1, 0.15) is 6.07 Å². The third kappa shape index (κ3) is 3.90. The highest BCUT2D eigenvalue weighted by atomic mass is 35.5. The molecule has 0 aliphatic rings. The summed E-state index contributed by atoms with van der Waals surface area (Å²) >= 11 is 5.94. The van der Waals surface area contributed by atoms with Crippen LogP contribution in [0.2, 0.25) is 5.02 Å². The number of hydrogen-bond acceptors (Lipinski definition) is 4. The normalized spacial score (nSPS) is 10.5. The summed E-state index contributed by atoms with van der Waals surface area (Å²) in [6.07, 6.45) is 2.25. The first-order valence-corrected chi connectivity index (χ1v) is 8.40. The molecule has 2 aromatic carbocycles. The average molecular weight is 367 g/mol. The molecule has 1 N–H and O–H groups in total. The molecule has 130 valence electrons. The van der Waals surface area contributed by atoms with E-state index in [0.717, 1.165) is 0 Å². The van der Waals surface area contributed by atoms with Crippen LogP contribution in [-0.4, -0.2) is 15.5 Å². The number of carbonyl (C=O) groups excluding carboxylic acids is 1. The minimum absolute atomic E-state index is 0.116. The van der Waals surface area contributed by atoms with Gasteiger partial charge in [0.05, 0.1) is 27.8 Å². The van der Waals surface area contributed by atoms with Crippen molar-refractivity contribution in [3.63, 3.8) is 0 Å². The van der Waals surface area contributed by atoms with Crippen LogP contribution in [0.1, 0.15) is 18.4 Å². The second-order valence-corrected chi connectivity index (χ2v) is 6.13. The fourth-order valence-electron chi connectivity index (χ4n) is 2.58. The van der Waals surface area contributed by atoms with Crippen LogP contribution in [0.25, 0.3) is 10.9 Å². The SMILES string of the molecule is N#Cc1ccc(NC(=O)CCCn2cnc3ccccc3c2=O)cc1Cl. The van der Waals surface area contributed by atoms with Gasteiger partial charge >= 0.3 is 0 Å².